The van der Waals surface area contributed by atoms with Crippen molar-refractivity contribution in [3.8, 4) is 0 Å². The fraction of sp³-hybridized carbons (Fsp3) is 0.533. The van der Waals surface area contributed by atoms with Crippen molar-refractivity contribution in [2.75, 3.05) is 0 Å². The van der Waals surface area contributed by atoms with Gasteiger partial charge in [0.25, 0.3) is 0 Å². The first-order valence-corrected chi connectivity index (χ1v) is 7.00. The Labute approximate surface area is 120 Å². The molecule has 0 aliphatic rings. The molecule has 1 aromatic rings. The number of nitrogens with one attached hydrogen (secondary N) is 2. The summed E-state index contributed by atoms with van der Waals surface area (Å²) in [4.78, 5) is 27.8. The van der Waals surface area contributed by atoms with E-state index in [0.717, 1.165) is 12.0 Å². The first-order valence-electron chi connectivity index (χ1n) is 7.00. The summed E-state index contributed by atoms with van der Waals surface area (Å²) in [5.74, 6) is -0.194. The van der Waals surface area contributed by atoms with Crippen LogP contribution >= 0.6 is 0 Å². The number of hydrogen-bond acceptors (Lipinski definition) is 3. The highest BCUT2D eigenvalue weighted by Gasteiger charge is 2.23. The first kappa shape index (κ1) is 16.1. The zero-order chi connectivity index (χ0) is 15.0. The van der Waals surface area contributed by atoms with Gasteiger partial charge in [-0.1, -0.05) is 26.8 Å². The molecule has 0 fully saturated rings. The van der Waals surface area contributed by atoms with E-state index in [1.54, 1.807) is 12.4 Å². The first-order chi connectivity index (χ1) is 9.54. The molecule has 1 heterocycles. The van der Waals surface area contributed by atoms with Gasteiger partial charge in [-0.3, -0.25) is 14.6 Å². The number of carbonyl (C=O) groups is 2. The molecule has 0 aromatic carbocycles. The number of aromatic nitrogens is 1. The Morgan fingerprint density at radius 2 is 2.10 bits per heavy atom. The van der Waals surface area contributed by atoms with Crippen LogP contribution in [-0.4, -0.2) is 22.8 Å². The molecule has 1 atom stereocenters. The summed E-state index contributed by atoms with van der Waals surface area (Å²) >= 11 is 0. The molecule has 0 unspecified atom stereocenters. The Bertz CT molecular complexity index is 432. The van der Waals surface area contributed by atoms with Crippen molar-refractivity contribution >= 4 is 11.8 Å². The monoisotopic (exact) mass is 277 g/mol. The third-order valence-corrected chi connectivity index (χ3v) is 2.93. The number of carbonyl (C=O) groups excluding carboxylic acids is 2. The summed E-state index contributed by atoms with van der Waals surface area (Å²) in [6.07, 6.45) is 4.61. The fourth-order valence-corrected chi connectivity index (χ4v) is 1.81. The van der Waals surface area contributed by atoms with Gasteiger partial charge in [0.1, 0.15) is 6.04 Å². The van der Waals surface area contributed by atoms with Crippen LogP contribution in [0.25, 0.3) is 0 Å². The molecule has 0 saturated carbocycles. The zero-order valence-corrected chi connectivity index (χ0v) is 12.3. The molecule has 2 N–H and O–H groups in total. The standard InChI is InChI=1S/C15H23N3O2/c1-4-6-13(19)18-14(11(2)3)15(20)17-10-12-7-5-8-16-9-12/h5,7-9,11,14H,4,6,10H2,1-3H3,(H,17,20)(H,18,19)/t14-/m1/s1. The molecule has 0 radical (unpaired) electrons. The molecule has 20 heavy (non-hydrogen) atoms. The van der Waals surface area contributed by atoms with Gasteiger partial charge in [-0.2, -0.15) is 0 Å². The predicted octanol–water partition coefficient (Wildman–Crippen LogP) is 1.64. The summed E-state index contributed by atoms with van der Waals surface area (Å²) in [6.45, 7) is 6.19. The summed E-state index contributed by atoms with van der Waals surface area (Å²) in [7, 11) is 0. The van der Waals surface area contributed by atoms with E-state index >= 15 is 0 Å². The van der Waals surface area contributed by atoms with Gasteiger partial charge in [-0.25, -0.2) is 0 Å². The largest absolute Gasteiger partial charge is 0.350 e. The molecule has 5 nitrogen and oxygen atoms in total. The maximum atomic E-state index is 12.2. The van der Waals surface area contributed by atoms with Crippen molar-refractivity contribution < 1.29 is 9.59 Å². The molecule has 0 spiro atoms. The van der Waals surface area contributed by atoms with Crippen LogP contribution in [0, 0.1) is 5.92 Å². The molecular weight excluding hydrogens is 254 g/mol. The molecule has 2 amide bonds. The molecule has 0 bridgehead atoms. The maximum absolute atomic E-state index is 12.2. The van der Waals surface area contributed by atoms with E-state index in [4.69, 9.17) is 0 Å². The van der Waals surface area contributed by atoms with Gasteiger partial charge < -0.3 is 10.6 Å². The van der Waals surface area contributed by atoms with Crippen molar-refractivity contribution in [2.45, 2.75) is 46.2 Å². The lowest BCUT2D eigenvalue weighted by Gasteiger charge is -2.21. The van der Waals surface area contributed by atoms with Crippen molar-refractivity contribution in [1.82, 2.24) is 15.6 Å². The number of nitrogens with zero attached hydrogens (tertiary/aromatic N) is 1. The van der Waals surface area contributed by atoms with Gasteiger partial charge in [0.15, 0.2) is 0 Å². The smallest absolute Gasteiger partial charge is 0.243 e. The number of rotatable bonds is 7. The summed E-state index contributed by atoms with van der Waals surface area (Å²) < 4.78 is 0. The van der Waals surface area contributed by atoms with Gasteiger partial charge in [0, 0.05) is 25.4 Å². The lowest BCUT2D eigenvalue weighted by Crippen LogP contribution is -2.49. The second-order valence-electron chi connectivity index (χ2n) is 5.12. The second kappa shape index (κ2) is 8.30. The van der Waals surface area contributed by atoms with Crippen molar-refractivity contribution in [1.29, 1.82) is 0 Å². The van der Waals surface area contributed by atoms with Crippen LogP contribution in [0.5, 0.6) is 0 Å². The fourth-order valence-electron chi connectivity index (χ4n) is 1.81. The quantitative estimate of drug-likeness (QED) is 0.796. The van der Waals surface area contributed by atoms with Gasteiger partial charge in [-0.05, 0) is 24.0 Å². The van der Waals surface area contributed by atoms with E-state index < -0.39 is 6.04 Å². The lowest BCUT2D eigenvalue weighted by atomic mass is 10.0. The van der Waals surface area contributed by atoms with Gasteiger partial charge >= 0.3 is 0 Å². The minimum Gasteiger partial charge on any atom is -0.350 e. The van der Waals surface area contributed by atoms with Crippen molar-refractivity contribution in [3.63, 3.8) is 0 Å². The lowest BCUT2D eigenvalue weighted by molar-refractivity contribution is -0.130. The molecule has 0 saturated heterocycles. The van der Waals surface area contributed by atoms with E-state index in [-0.39, 0.29) is 17.7 Å². The van der Waals surface area contributed by atoms with Gasteiger partial charge in [0.2, 0.25) is 11.8 Å². The van der Waals surface area contributed by atoms with E-state index in [9.17, 15) is 9.59 Å². The van der Waals surface area contributed by atoms with Gasteiger partial charge in [0.05, 0.1) is 0 Å². The van der Waals surface area contributed by atoms with Crippen LogP contribution in [0.2, 0.25) is 0 Å². The Kier molecular flexibility index (Phi) is 6.70. The second-order valence-corrected chi connectivity index (χ2v) is 5.12. The number of hydrogen-bond donors (Lipinski definition) is 2. The third kappa shape index (κ3) is 5.38. The highest BCUT2D eigenvalue weighted by atomic mass is 16.2. The van der Waals surface area contributed by atoms with Crippen molar-refractivity contribution in [2.24, 2.45) is 5.92 Å². The summed E-state index contributed by atoms with van der Waals surface area (Å²) in [5, 5.41) is 5.62. The Morgan fingerprint density at radius 3 is 2.65 bits per heavy atom. The molecule has 5 heteroatoms. The maximum Gasteiger partial charge on any atom is 0.243 e. The number of pyridine rings is 1. The normalized spacial score (nSPS) is 12.0. The van der Waals surface area contributed by atoms with Crippen LogP contribution in [0.1, 0.15) is 39.2 Å². The van der Waals surface area contributed by atoms with E-state index in [0.29, 0.717) is 13.0 Å². The van der Waals surface area contributed by atoms with Crippen LogP contribution < -0.4 is 10.6 Å². The zero-order valence-electron chi connectivity index (χ0n) is 12.3. The van der Waals surface area contributed by atoms with Gasteiger partial charge in [-0.15, -0.1) is 0 Å². The Hall–Kier alpha value is -1.91. The summed E-state index contributed by atoms with van der Waals surface area (Å²) in [6, 6.07) is 3.23. The molecular formula is C15H23N3O2. The van der Waals surface area contributed by atoms with E-state index in [2.05, 4.69) is 15.6 Å². The molecule has 1 aromatic heterocycles. The predicted molar refractivity (Wildman–Crippen MR) is 77.8 cm³/mol. The highest BCUT2D eigenvalue weighted by Crippen LogP contribution is 2.04. The highest BCUT2D eigenvalue weighted by molar-refractivity contribution is 5.87. The number of amides is 2. The Balaban J connectivity index is 2.54. The average molecular weight is 277 g/mol. The average Bonchev–Trinajstić information content (AvgIpc) is 2.43. The summed E-state index contributed by atoms with van der Waals surface area (Å²) in [5.41, 5.74) is 0.934. The molecule has 110 valence electrons. The Morgan fingerprint density at radius 1 is 1.35 bits per heavy atom. The molecule has 0 aliphatic carbocycles. The van der Waals surface area contributed by atoms with E-state index in [1.165, 1.54) is 0 Å². The van der Waals surface area contributed by atoms with Crippen molar-refractivity contribution in [3.05, 3.63) is 30.1 Å². The van der Waals surface area contributed by atoms with E-state index in [1.807, 2.05) is 32.9 Å². The van der Waals surface area contributed by atoms with Crippen LogP contribution in [-0.2, 0) is 16.1 Å². The topological polar surface area (TPSA) is 71.1 Å². The van der Waals surface area contributed by atoms with Crippen LogP contribution in [0.15, 0.2) is 24.5 Å². The van der Waals surface area contributed by atoms with Crippen LogP contribution in [0.4, 0.5) is 0 Å². The third-order valence-electron chi connectivity index (χ3n) is 2.93. The molecule has 0 aliphatic heterocycles. The molecule has 1 rings (SSSR count). The minimum atomic E-state index is -0.495. The minimum absolute atomic E-state index is 0.0460. The van der Waals surface area contributed by atoms with Crippen LogP contribution in [0.3, 0.4) is 0 Å². The SMILES string of the molecule is CCCC(=O)N[C@@H](C(=O)NCc1cccnc1)C(C)C.